The summed E-state index contributed by atoms with van der Waals surface area (Å²) in [6.07, 6.45) is 5.94. The van der Waals surface area contributed by atoms with Crippen molar-refractivity contribution >= 4 is 58.2 Å². The van der Waals surface area contributed by atoms with E-state index in [4.69, 9.17) is 9.72 Å². The number of carbonyl (C=O) groups is 5. The van der Waals surface area contributed by atoms with Crippen molar-refractivity contribution in [3.05, 3.63) is 101 Å². The summed E-state index contributed by atoms with van der Waals surface area (Å²) in [5.41, 5.74) is 4.83. The summed E-state index contributed by atoms with van der Waals surface area (Å²) in [4.78, 5) is 83.2. The third kappa shape index (κ3) is 8.19. The number of ether oxygens (including phenoxy) is 1. The zero-order valence-electron chi connectivity index (χ0n) is 37.1. The highest BCUT2D eigenvalue weighted by Gasteiger charge is 2.41. The van der Waals surface area contributed by atoms with E-state index in [-0.39, 0.29) is 24.8 Å². The smallest absolute Gasteiger partial charge is 0.417 e. The molecule has 5 amide bonds. The maximum atomic E-state index is 14.0. The van der Waals surface area contributed by atoms with Crippen molar-refractivity contribution in [1.29, 1.82) is 0 Å². The predicted molar refractivity (Wildman–Crippen MR) is 242 cm³/mol. The fraction of sp³-hybridized carbons (Fsp3) is 0.396. The highest BCUT2D eigenvalue weighted by molar-refractivity contribution is 6.12. The van der Waals surface area contributed by atoms with Gasteiger partial charge in [0.05, 0.1) is 47.2 Å². The van der Waals surface area contributed by atoms with Gasteiger partial charge in [0.25, 0.3) is 11.8 Å². The normalized spacial score (nSPS) is 19.9. The van der Waals surface area contributed by atoms with Crippen molar-refractivity contribution in [2.45, 2.75) is 76.8 Å². The minimum absolute atomic E-state index is 0.0263. The molecular formula is C48H51FN10O7. The number of rotatable bonds is 8. The first-order chi connectivity index (χ1) is 31.6. The lowest BCUT2D eigenvalue weighted by atomic mass is 9.90. The number of amides is 5. The second-order valence-corrected chi connectivity index (χ2v) is 18.8. The molecule has 0 saturated carbocycles. The molecular weight excluding hydrogens is 848 g/mol. The van der Waals surface area contributed by atoms with Crippen molar-refractivity contribution < 1.29 is 38.2 Å². The van der Waals surface area contributed by atoms with Crippen LogP contribution in [0.5, 0.6) is 0 Å². The van der Waals surface area contributed by atoms with Crippen LogP contribution in [0.25, 0.3) is 16.9 Å². The number of hydrogen-bond donors (Lipinski definition) is 3. The maximum absolute atomic E-state index is 14.0. The van der Waals surface area contributed by atoms with Gasteiger partial charge >= 0.3 is 6.09 Å². The van der Waals surface area contributed by atoms with Crippen LogP contribution in [0.3, 0.4) is 0 Å². The fourth-order valence-electron chi connectivity index (χ4n) is 9.85. The molecule has 3 aromatic heterocycles. The highest BCUT2D eigenvalue weighted by atomic mass is 19.1. The molecule has 3 saturated heterocycles. The third-order valence-electron chi connectivity index (χ3n) is 13.3. The van der Waals surface area contributed by atoms with Crippen LogP contribution in [0.1, 0.15) is 78.3 Å². The molecule has 3 N–H and O–H groups in total. The summed E-state index contributed by atoms with van der Waals surface area (Å²) in [5, 5.41) is 17.4. The lowest BCUT2D eigenvalue weighted by molar-refractivity contribution is -0.136. The van der Waals surface area contributed by atoms with Gasteiger partial charge in [-0.2, -0.15) is 0 Å². The number of anilines is 4. The number of pyridine rings is 2. The Kier molecular flexibility index (Phi) is 10.8. The maximum Gasteiger partial charge on any atom is 0.417 e. The van der Waals surface area contributed by atoms with Crippen LogP contribution in [0.4, 0.5) is 32.1 Å². The summed E-state index contributed by atoms with van der Waals surface area (Å²) in [6, 6.07) is 15.3. The van der Waals surface area contributed by atoms with Gasteiger partial charge < -0.3 is 29.9 Å². The Morgan fingerprint density at radius 1 is 0.879 bits per heavy atom. The summed E-state index contributed by atoms with van der Waals surface area (Å²) < 4.78 is 21.4. The summed E-state index contributed by atoms with van der Waals surface area (Å²) in [6.45, 7) is 10.5. The SMILES string of the molecule is CC(C)(C)OC(=O)N1Cc2c(-c3cnc4cc(F)ccn34)ccc(Nc3ccc(N4CCC(O)(CN5CCN(c6ccc7c(c6)CN(C6CCC(=O)NC6=O)C7=O)CC5)CC4)cn3)c2C1=O. The van der Waals surface area contributed by atoms with Gasteiger partial charge in [-0.15, -0.1) is 0 Å². The standard InChI is InChI=1S/C48H51FN10O7/c1-47(2,3)66-46(64)59-27-35-34(38-25-51-40-23-30(49)12-15-57(38)40)7-8-36(42(35)45(59)63)52-39-10-5-32(24-50-39)55-16-13-48(65,14-17-55)28-54-18-20-56(21-19-54)31-4-6-33-29(22-31)26-58(44(33)62)37-9-11-41(60)53-43(37)61/h4-8,10,12,15,22-25,37,65H,9,11,13-14,16-21,26-28H2,1-3H3,(H,50,52)(H,53,60,61). The zero-order chi connectivity index (χ0) is 46.1. The first-order valence-electron chi connectivity index (χ1n) is 22.4. The first-order valence-corrected chi connectivity index (χ1v) is 22.4. The lowest BCUT2D eigenvalue weighted by Gasteiger charge is -2.44. The van der Waals surface area contributed by atoms with E-state index in [1.165, 1.54) is 12.1 Å². The average molecular weight is 899 g/mol. The van der Waals surface area contributed by atoms with Gasteiger partial charge in [-0.1, -0.05) is 6.07 Å². The molecule has 8 heterocycles. The third-order valence-corrected chi connectivity index (χ3v) is 13.3. The second-order valence-electron chi connectivity index (χ2n) is 18.8. The Morgan fingerprint density at radius 2 is 1.62 bits per heavy atom. The van der Waals surface area contributed by atoms with Crippen LogP contribution >= 0.6 is 0 Å². The van der Waals surface area contributed by atoms with Gasteiger partial charge in [-0.3, -0.25) is 33.8 Å². The lowest BCUT2D eigenvalue weighted by Crippen LogP contribution is -2.55. The van der Waals surface area contributed by atoms with Crippen LogP contribution in [0.15, 0.2) is 73.2 Å². The van der Waals surface area contributed by atoms with Gasteiger partial charge in [-0.05, 0) is 93.6 Å². The topological polar surface area (TPSA) is 185 Å². The number of aromatic nitrogens is 3. The van der Waals surface area contributed by atoms with E-state index >= 15 is 0 Å². The van der Waals surface area contributed by atoms with E-state index in [9.17, 15) is 33.5 Å². The number of nitrogens with zero attached hydrogens (tertiary/aromatic N) is 8. The van der Waals surface area contributed by atoms with E-state index in [2.05, 4.69) is 30.3 Å². The molecule has 0 spiro atoms. The molecule has 2 aromatic carbocycles. The number of fused-ring (bicyclic) bond motifs is 3. The van der Waals surface area contributed by atoms with E-state index in [0.29, 0.717) is 90.5 Å². The minimum atomic E-state index is -0.841. The Labute approximate surface area is 380 Å². The van der Waals surface area contributed by atoms with Crippen LogP contribution < -0.4 is 20.4 Å². The Hall–Kier alpha value is -6.92. The number of halogens is 1. The van der Waals surface area contributed by atoms with Gasteiger partial charge in [0.1, 0.15) is 28.9 Å². The Balaban J connectivity index is 0.757. The largest absolute Gasteiger partial charge is 0.443 e. The summed E-state index contributed by atoms with van der Waals surface area (Å²) in [5.74, 6) is -1.34. The average Bonchev–Trinajstić information content (AvgIpc) is 3.96. The van der Waals surface area contributed by atoms with E-state index in [1.807, 2.05) is 36.4 Å². The molecule has 5 aromatic rings. The number of imide groups is 2. The van der Waals surface area contributed by atoms with Crippen molar-refractivity contribution in [3.63, 3.8) is 0 Å². The predicted octanol–water partition coefficient (Wildman–Crippen LogP) is 5.08. The van der Waals surface area contributed by atoms with E-state index in [1.54, 1.807) is 54.7 Å². The molecule has 0 aliphatic carbocycles. The molecule has 0 radical (unpaired) electrons. The molecule has 10 rings (SSSR count). The molecule has 17 nitrogen and oxygen atoms in total. The van der Waals surface area contributed by atoms with Gasteiger partial charge in [0, 0.05) is 87.9 Å². The number of aliphatic hydroxyl groups is 1. The zero-order valence-corrected chi connectivity index (χ0v) is 37.1. The first kappa shape index (κ1) is 43.0. The Morgan fingerprint density at radius 3 is 2.35 bits per heavy atom. The second kappa shape index (κ2) is 16.5. The van der Waals surface area contributed by atoms with Gasteiger partial charge in [0.2, 0.25) is 11.8 Å². The number of imidazole rings is 1. The number of carbonyl (C=O) groups excluding carboxylic acids is 5. The molecule has 1 unspecified atom stereocenters. The van der Waals surface area contributed by atoms with Crippen LogP contribution in [-0.2, 0) is 27.4 Å². The molecule has 5 aliphatic rings. The number of piperidine rings is 2. The number of piperazine rings is 1. The number of hydrogen-bond acceptors (Lipinski definition) is 13. The monoisotopic (exact) mass is 898 g/mol. The number of nitrogens with one attached hydrogen (secondary N) is 2. The van der Waals surface area contributed by atoms with Crippen molar-refractivity contribution in [2.24, 2.45) is 0 Å². The quantitative estimate of drug-likeness (QED) is 0.175. The molecule has 3 fully saturated rings. The molecule has 66 heavy (non-hydrogen) atoms. The number of benzene rings is 2. The summed E-state index contributed by atoms with van der Waals surface area (Å²) in [7, 11) is 0. The van der Waals surface area contributed by atoms with E-state index in [0.717, 1.165) is 48.0 Å². The fourth-order valence-corrected chi connectivity index (χ4v) is 9.85. The Bertz CT molecular complexity index is 2790. The van der Waals surface area contributed by atoms with Gasteiger partial charge in [0.15, 0.2) is 0 Å². The highest BCUT2D eigenvalue weighted by Crippen LogP contribution is 2.40. The minimum Gasteiger partial charge on any atom is -0.443 e. The molecule has 18 heteroatoms. The van der Waals surface area contributed by atoms with Crippen LogP contribution in [0.2, 0.25) is 0 Å². The summed E-state index contributed by atoms with van der Waals surface area (Å²) >= 11 is 0. The van der Waals surface area contributed by atoms with Crippen LogP contribution in [0, 0.1) is 5.82 Å². The molecule has 0 bridgehead atoms. The van der Waals surface area contributed by atoms with E-state index < -0.39 is 41.0 Å². The molecule has 5 aliphatic heterocycles. The van der Waals surface area contributed by atoms with Crippen molar-refractivity contribution in [2.75, 3.05) is 60.9 Å². The van der Waals surface area contributed by atoms with Crippen molar-refractivity contribution in [1.82, 2.24) is 34.4 Å². The van der Waals surface area contributed by atoms with Gasteiger partial charge in [-0.25, -0.2) is 24.1 Å². The molecule has 1 atom stereocenters. The molecule has 342 valence electrons. The number of β-amino-alcohol motifs (C(OH)–C–C–N with tert-alkyl or cyclic N) is 1. The van der Waals surface area contributed by atoms with Crippen LogP contribution in [-0.4, -0.2) is 127 Å². The van der Waals surface area contributed by atoms with Crippen molar-refractivity contribution in [3.8, 4) is 11.3 Å².